The third-order valence-electron chi connectivity index (χ3n) is 6.95. The van der Waals surface area contributed by atoms with Gasteiger partial charge < -0.3 is 20.5 Å². The molecule has 2 fully saturated rings. The quantitative estimate of drug-likeness (QED) is 0.527. The van der Waals surface area contributed by atoms with Crippen LogP contribution in [0.2, 0.25) is 0 Å². The zero-order valence-corrected chi connectivity index (χ0v) is 18.5. The maximum Gasteiger partial charge on any atom is 0.319 e. The number of carbonyl (C=O) groups is 1. The topological polar surface area (TPSA) is 85.9 Å². The van der Waals surface area contributed by atoms with Gasteiger partial charge in [-0.3, -0.25) is 0 Å². The molecule has 1 aromatic carbocycles. The molecule has 3 N–H and O–H groups in total. The van der Waals surface area contributed by atoms with Gasteiger partial charge in [-0.2, -0.15) is 0 Å². The molecule has 168 valence electrons. The van der Waals surface area contributed by atoms with Crippen LogP contribution in [0.15, 0.2) is 42.9 Å². The summed E-state index contributed by atoms with van der Waals surface area (Å²) in [4.78, 5) is 26.9. The number of anilines is 2. The molecule has 3 heterocycles. The SMILES string of the molecule is O=C(NCC1CCCCC1)Nc1cccc(C2CCCN(c3ncnc4[nH]ccc34)C2)c1. The molecule has 1 saturated heterocycles. The van der Waals surface area contributed by atoms with E-state index in [0.29, 0.717) is 11.8 Å². The summed E-state index contributed by atoms with van der Waals surface area (Å²) < 4.78 is 0. The highest BCUT2D eigenvalue weighted by Crippen LogP contribution is 2.32. The van der Waals surface area contributed by atoms with Crippen LogP contribution >= 0.6 is 0 Å². The van der Waals surface area contributed by atoms with Gasteiger partial charge in [0, 0.05) is 37.4 Å². The third-order valence-corrected chi connectivity index (χ3v) is 6.95. The summed E-state index contributed by atoms with van der Waals surface area (Å²) in [5, 5.41) is 7.17. The summed E-state index contributed by atoms with van der Waals surface area (Å²) in [5.41, 5.74) is 3.00. The minimum Gasteiger partial charge on any atom is -0.355 e. The van der Waals surface area contributed by atoms with Crippen LogP contribution < -0.4 is 15.5 Å². The van der Waals surface area contributed by atoms with Gasteiger partial charge in [0.2, 0.25) is 0 Å². The van der Waals surface area contributed by atoms with Gasteiger partial charge in [-0.1, -0.05) is 31.4 Å². The number of hydrogen-bond donors (Lipinski definition) is 3. The number of nitrogens with one attached hydrogen (secondary N) is 3. The molecular weight excluding hydrogens is 400 g/mol. The predicted molar refractivity (Wildman–Crippen MR) is 128 cm³/mol. The van der Waals surface area contributed by atoms with Gasteiger partial charge in [-0.25, -0.2) is 14.8 Å². The van der Waals surface area contributed by atoms with Crippen molar-refractivity contribution in [2.24, 2.45) is 5.92 Å². The van der Waals surface area contributed by atoms with Crippen molar-refractivity contribution in [1.82, 2.24) is 20.3 Å². The number of H-pyrrole nitrogens is 1. The number of piperidine rings is 1. The number of aromatic nitrogens is 3. The summed E-state index contributed by atoms with van der Waals surface area (Å²) in [7, 11) is 0. The third kappa shape index (κ3) is 4.71. The van der Waals surface area contributed by atoms with Crippen molar-refractivity contribution in [2.75, 3.05) is 29.9 Å². The van der Waals surface area contributed by atoms with Gasteiger partial charge in [-0.05, 0) is 55.4 Å². The number of urea groups is 1. The van der Waals surface area contributed by atoms with Crippen LogP contribution in [0.1, 0.15) is 56.4 Å². The minimum absolute atomic E-state index is 0.103. The van der Waals surface area contributed by atoms with Crippen molar-refractivity contribution in [1.29, 1.82) is 0 Å². The molecule has 0 radical (unpaired) electrons. The largest absolute Gasteiger partial charge is 0.355 e. The molecule has 1 saturated carbocycles. The number of rotatable bonds is 5. The van der Waals surface area contributed by atoms with Crippen LogP contribution in [-0.4, -0.2) is 40.6 Å². The van der Waals surface area contributed by atoms with Gasteiger partial charge in [0.05, 0.1) is 5.39 Å². The number of hydrogen-bond acceptors (Lipinski definition) is 4. The smallest absolute Gasteiger partial charge is 0.319 e. The Morgan fingerprint density at radius 3 is 2.91 bits per heavy atom. The van der Waals surface area contributed by atoms with Crippen molar-refractivity contribution in [3.8, 4) is 0 Å². The standard InChI is InChI=1S/C25H32N6O/c32-25(27-15-18-6-2-1-3-7-18)30-21-10-4-8-19(14-21)20-9-5-13-31(16-20)24-22-11-12-26-23(22)28-17-29-24/h4,8,10-12,14,17-18,20H,1-3,5-7,9,13,15-16H2,(H,26,28,29)(H2,27,30,32). The molecule has 0 spiro atoms. The highest BCUT2D eigenvalue weighted by atomic mass is 16.2. The number of nitrogens with zero attached hydrogens (tertiary/aromatic N) is 3. The van der Waals surface area contributed by atoms with Crippen molar-refractivity contribution < 1.29 is 4.79 Å². The zero-order valence-electron chi connectivity index (χ0n) is 18.5. The van der Waals surface area contributed by atoms with Crippen LogP contribution in [0.4, 0.5) is 16.3 Å². The first-order valence-corrected chi connectivity index (χ1v) is 11.9. The predicted octanol–water partition coefficient (Wildman–Crippen LogP) is 5.04. The van der Waals surface area contributed by atoms with Crippen molar-refractivity contribution in [2.45, 2.75) is 50.9 Å². The Morgan fingerprint density at radius 2 is 2.00 bits per heavy atom. The highest BCUT2D eigenvalue weighted by molar-refractivity contribution is 5.89. The molecule has 7 nitrogen and oxygen atoms in total. The Hall–Kier alpha value is -3.09. The molecule has 1 aliphatic heterocycles. The number of amides is 2. The molecule has 32 heavy (non-hydrogen) atoms. The number of fused-ring (bicyclic) bond motifs is 1. The molecule has 7 heteroatoms. The Balaban J connectivity index is 1.22. The van der Waals surface area contributed by atoms with Crippen LogP contribution in [-0.2, 0) is 0 Å². The normalized spacial score (nSPS) is 19.8. The molecular formula is C25H32N6O. The van der Waals surface area contributed by atoms with Gasteiger partial charge >= 0.3 is 6.03 Å². The second kappa shape index (κ2) is 9.59. The zero-order chi connectivity index (χ0) is 21.8. The summed E-state index contributed by atoms with van der Waals surface area (Å²) >= 11 is 0. The van der Waals surface area contributed by atoms with E-state index in [1.54, 1.807) is 6.33 Å². The van der Waals surface area contributed by atoms with E-state index in [9.17, 15) is 4.79 Å². The van der Waals surface area contributed by atoms with Crippen LogP contribution in [0.3, 0.4) is 0 Å². The number of carbonyl (C=O) groups excluding carboxylic acids is 1. The second-order valence-corrected chi connectivity index (χ2v) is 9.19. The molecule has 1 atom stereocenters. The Morgan fingerprint density at radius 1 is 1.09 bits per heavy atom. The number of aromatic amines is 1. The van der Waals surface area contributed by atoms with Gasteiger partial charge in [0.1, 0.15) is 17.8 Å². The van der Waals surface area contributed by atoms with Gasteiger partial charge in [0.15, 0.2) is 0 Å². The lowest BCUT2D eigenvalue weighted by Gasteiger charge is -2.34. The molecule has 2 amide bonds. The summed E-state index contributed by atoms with van der Waals surface area (Å²) in [6.07, 6.45) is 12.2. The fourth-order valence-corrected chi connectivity index (χ4v) is 5.23. The van der Waals surface area contributed by atoms with Crippen molar-refractivity contribution in [3.63, 3.8) is 0 Å². The molecule has 3 aromatic rings. The fraction of sp³-hybridized carbons (Fsp3) is 0.480. The molecule has 2 aliphatic rings. The maximum absolute atomic E-state index is 12.4. The van der Waals surface area contributed by atoms with E-state index >= 15 is 0 Å². The van der Waals surface area contributed by atoms with E-state index in [-0.39, 0.29) is 6.03 Å². The molecule has 1 unspecified atom stereocenters. The van der Waals surface area contributed by atoms with Gasteiger partial charge in [-0.15, -0.1) is 0 Å². The Bertz CT molecular complexity index is 1060. The van der Waals surface area contributed by atoms with E-state index in [0.717, 1.165) is 55.0 Å². The lowest BCUT2D eigenvalue weighted by atomic mass is 9.89. The number of benzene rings is 1. The Kier molecular flexibility index (Phi) is 6.23. The molecule has 5 rings (SSSR count). The van der Waals surface area contributed by atoms with E-state index in [4.69, 9.17) is 0 Å². The van der Waals surface area contributed by atoms with Gasteiger partial charge in [0.25, 0.3) is 0 Å². The van der Waals surface area contributed by atoms with Crippen LogP contribution in [0.5, 0.6) is 0 Å². The molecule has 2 aromatic heterocycles. The summed E-state index contributed by atoms with van der Waals surface area (Å²) in [5.74, 6) is 2.03. The average Bonchev–Trinajstić information content (AvgIpc) is 3.33. The second-order valence-electron chi connectivity index (χ2n) is 9.19. The van der Waals surface area contributed by atoms with Crippen LogP contribution in [0, 0.1) is 5.92 Å². The van der Waals surface area contributed by atoms with E-state index in [2.05, 4.69) is 42.6 Å². The Labute approximate surface area is 189 Å². The first kappa shape index (κ1) is 20.8. The van der Waals surface area contributed by atoms with Crippen LogP contribution in [0.25, 0.3) is 11.0 Å². The maximum atomic E-state index is 12.4. The summed E-state index contributed by atoms with van der Waals surface area (Å²) in [6, 6.07) is 10.3. The average molecular weight is 433 g/mol. The molecule has 1 aliphatic carbocycles. The van der Waals surface area contributed by atoms with E-state index < -0.39 is 0 Å². The van der Waals surface area contributed by atoms with E-state index in [1.165, 1.54) is 37.7 Å². The lowest BCUT2D eigenvalue weighted by Crippen LogP contribution is -2.35. The van der Waals surface area contributed by atoms with Crippen molar-refractivity contribution in [3.05, 3.63) is 48.4 Å². The summed E-state index contributed by atoms with van der Waals surface area (Å²) in [6.45, 7) is 2.68. The highest BCUT2D eigenvalue weighted by Gasteiger charge is 2.24. The minimum atomic E-state index is -0.103. The fourth-order valence-electron chi connectivity index (χ4n) is 5.23. The van der Waals surface area contributed by atoms with E-state index in [1.807, 2.05) is 24.4 Å². The first-order chi connectivity index (χ1) is 15.8. The molecule has 0 bridgehead atoms. The first-order valence-electron chi connectivity index (χ1n) is 11.9. The lowest BCUT2D eigenvalue weighted by molar-refractivity contribution is 0.247. The monoisotopic (exact) mass is 432 g/mol. The van der Waals surface area contributed by atoms with Crippen molar-refractivity contribution >= 4 is 28.6 Å².